The number of benzene rings is 3. The zero-order valence-corrected chi connectivity index (χ0v) is 12.8. The van der Waals surface area contributed by atoms with Crippen molar-refractivity contribution < 1.29 is 9.47 Å². The van der Waals surface area contributed by atoms with E-state index in [0.717, 1.165) is 39.3 Å². The summed E-state index contributed by atoms with van der Waals surface area (Å²) in [5.74, 6) is 1.61. The van der Waals surface area contributed by atoms with Gasteiger partial charge in [0.1, 0.15) is 6.33 Å². The second-order valence-corrected chi connectivity index (χ2v) is 5.69. The van der Waals surface area contributed by atoms with E-state index in [9.17, 15) is 0 Å². The van der Waals surface area contributed by atoms with Gasteiger partial charge in [0.15, 0.2) is 11.5 Å². The highest BCUT2D eigenvalue weighted by molar-refractivity contribution is 5.79. The van der Waals surface area contributed by atoms with Crippen LogP contribution in [0.3, 0.4) is 0 Å². The van der Waals surface area contributed by atoms with Crippen LogP contribution >= 0.6 is 0 Å². The largest absolute Gasteiger partial charge is 0.454 e. The third-order valence-corrected chi connectivity index (χ3v) is 4.29. The third kappa shape index (κ3) is 1.97. The summed E-state index contributed by atoms with van der Waals surface area (Å²) in [6.45, 7) is 0.276. The Morgan fingerprint density at radius 3 is 2.79 bits per heavy atom. The maximum absolute atomic E-state index is 5.64. The van der Waals surface area contributed by atoms with Gasteiger partial charge in [-0.2, -0.15) is 0 Å². The lowest BCUT2D eigenvalue weighted by molar-refractivity contribution is 0.174. The maximum Gasteiger partial charge on any atom is 0.231 e. The zero-order valence-electron chi connectivity index (χ0n) is 12.8. The predicted molar refractivity (Wildman–Crippen MR) is 92.6 cm³/mol. The number of imidazole rings is 1. The molecule has 1 aliphatic heterocycles. The van der Waals surface area contributed by atoms with E-state index in [4.69, 9.17) is 9.47 Å². The molecule has 116 valence electrons. The summed E-state index contributed by atoms with van der Waals surface area (Å²) in [5, 5.41) is 0. The Morgan fingerprint density at radius 1 is 0.875 bits per heavy atom. The summed E-state index contributed by atoms with van der Waals surface area (Å²) in [4.78, 5) is 4.47. The minimum Gasteiger partial charge on any atom is -0.454 e. The molecule has 0 atom stereocenters. The van der Waals surface area contributed by atoms with E-state index in [1.54, 1.807) is 0 Å². The normalized spacial score (nSPS) is 12.7. The van der Waals surface area contributed by atoms with Crippen LogP contribution in [-0.2, 0) is 0 Å². The van der Waals surface area contributed by atoms with Crippen LogP contribution in [0, 0.1) is 0 Å². The Bertz CT molecular complexity index is 1050. The van der Waals surface area contributed by atoms with Crippen molar-refractivity contribution in [3.05, 3.63) is 73.1 Å². The van der Waals surface area contributed by atoms with Gasteiger partial charge in [0, 0.05) is 11.3 Å². The molecule has 0 spiro atoms. The second kappa shape index (κ2) is 5.13. The quantitative estimate of drug-likeness (QED) is 0.549. The first-order chi connectivity index (χ1) is 11.9. The van der Waals surface area contributed by atoms with Crippen LogP contribution < -0.4 is 9.47 Å². The summed E-state index contributed by atoms with van der Waals surface area (Å²) in [6, 6.07) is 22.5. The third-order valence-electron chi connectivity index (χ3n) is 4.29. The van der Waals surface area contributed by atoms with Crippen molar-refractivity contribution in [3.8, 4) is 28.3 Å². The van der Waals surface area contributed by atoms with Gasteiger partial charge >= 0.3 is 0 Å². The lowest BCUT2D eigenvalue weighted by Gasteiger charge is -2.09. The molecule has 0 radical (unpaired) electrons. The molecule has 5 rings (SSSR count). The Kier molecular flexibility index (Phi) is 2.82. The molecular weight excluding hydrogens is 300 g/mol. The van der Waals surface area contributed by atoms with Gasteiger partial charge in [-0.05, 0) is 35.9 Å². The van der Waals surface area contributed by atoms with Gasteiger partial charge in [-0.1, -0.05) is 36.4 Å². The van der Waals surface area contributed by atoms with Crippen LogP contribution in [0.1, 0.15) is 0 Å². The van der Waals surface area contributed by atoms with Crippen LogP contribution in [-0.4, -0.2) is 16.3 Å². The number of nitrogens with zero attached hydrogens (tertiary/aromatic N) is 2. The highest BCUT2D eigenvalue weighted by Gasteiger charge is 2.18. The van der Waals surface area contributed by atoms with Crippen molar-refractivity contribution in [1.82, 2.24) is 9.55 Å². The summed E-state index contributed by atoms with van der Waals surface area (Å²) in [5.41, 5.74) is 5.27. The van der Waals surface area contributed by atoms with Crippen molar-refractivity contribution in [2.45, 2.75) is 0 Å². The Hall–Kier alpha value is -3.27. The lowest BCUT2D eigenvalue weighted by Crippen LogP contribution is -1.94. The van der Waals surface area contributed by atoms with Crippen molar-refractivity contribution in [2.24, 2.45) is 0 Å². The first-order valence-corrected chi connectivity index (χ1v) is 7.82. The Balaban J connectivity index is 1.67. The minimum atomic E-state index is 0.276. The summed E-state index contributed by atoms with van der Waals surface area (Å²) in [7, 11) is 0. The van der Waals surface area contributed by atoms with E-state index < -0.39 is 0 Å². The molecule has 24 heavy (non-hydrogen) atoms. The molecule has 0 aliphatic carbocycles. The van der Waals surface area contributed by atoms with Crippen molar-refractivity contribution in [1.29, 1.82) is 0 Å². The molecule has 4 nitrogen and oxygen atoms in total. The van der Waals surface area contributed by atoms with E-state index in [1.165, 1.54) is 0 Å². The fourth-order valence-electron chi connectivity index (χ4n) is 3.15. The molecule has 0 N–H and O–H groups in total. The van der Waals surface area contributed by atoms with Gasteiger partial charge in [-0.15, -0.1) is 0 Å². The van der Waals surface area contributed by atoms with E-state index in [2.05, 4.69) is 45.9 Å². The van der Waals surface area contributed by atoms with Gasteiger partial charge in [0.2, 0.25) is 6.79 Å². The molecule has 4 aromatic rings. The molecular formula is C20H14N2O2. The molecule has 0 unspecified atom stereocenters. The standard InChI is InChI=1S/C20H14N2O2/c1-2-9-18-17(8-1)21-12-22(18)15-6-3-5-14(11-15)16-7-4-10-19-20(16)24-13-23-19/h1-12H,13H2. The van der Waals surface area contributed by atoms with Crippen molar-refractivity contribution in [2.75, 3.05) is 6.79 Å². The maximum atomic E-state index is 5.64. The number of hydrogen-bond donors (Lipinski definition) is 0. The van der Waals surface area contributed by atoms with Gasteiger partial charge in [0.05, 0.1) is 11.0 Å². The van der Waals surface area contributed by atoms with E-state index in [0.29, 0.717) is 0 Å². The average Bonchev–Trinajstić information content (AvgIpc) is 3.28. The van der Waals surface area contributed by atoms with Crippen LogP contribution in [0.4, 0.5) is 0 Å². The highest BCUT2D eigenvalue weighted by atomic mass is 16.7. The number of rotatable bonds is 2. The van der Waals surface area contributed by atoms with Crippen LogP contribution in [0.5, 0.6) is 11.5 Å². The molecule has 4 heteroatoms. The Labute approximate surface area is 138 Å². The number of hydrogen-bond acceptors (Lipinski definition) is 3. The predicted octanol–water partition coefficient (Wildman–Crippen LogP) is 4.42. The highest BCUT2D eigenvalue weighted by Crippen LogP contribution is 2.41. The number of para-hydroxylation sites is 3. The summed E-state index contributed by atoms with van der Waals surface area (Å²) < 4.78 is 13.2. The lowest BCUT2D eigenvalue weighted by atomic mass is 10.0. The summed E-state index contributed by atoms with van der Waals surface area (Å²) in [6.07, 6.45) is 1.86. The van der Waals surface area contributed by atoms with E-state index >= 15 is 0 Å². The average molecular weight is 314 g/mol. The topological polar surface area (TPSA) is 36.3 Å². The zero-order chi connectivity index (χ0) is 15.9. The number of ether oxygens (including phenoxy) is 2. The van der Waals surface area contributed by atoms with Crippen molar-refractivity contribution >= 4 is 11.0 Å². The van der Waals surface area contributed by atoms with E-state index in [-0.39, 0.29) is 6.79 Å². The monoisotopic (exact) mass is 314 g/mol. The first-order valence-electron chi connectivity index (χ1n) is 7.82. The van der Waals surface area contributed by atoms with Crippen LogP contribution in [0.15, 0.2) is 73.1 Å². The Morgan fingerprint density at radius 2 is 1.79 bits per heavy atom. The molecule has 2 heterocycles. The molecule has 1 aliphatic rings. The molecule has 0 saturated heterocycles. The van der Waals surface area contributed by atoms with Gasteiger partial charge in [0.25, 0.3) is 0 Å². The smallest absolute Gasteiger partial charge is 0.231 e. The summed E-state index contributed by atoms with van der Waals surface area (Å²) >= 11 is 0. The SMILES string of the molecule is c1cc(-c2cccc3c2OCO3)cc(-n2cnc3ccccc32)c1. The minimum absolute atomic E-state index is 0.276. The first kappa shape index (κ1) is 13.2. The molecule has 0 bridgehead atoms. The second-order valence-electron chi connectivity index (χ2n) is 5.69. The van der Waals surface area contributed by atoms with Gasteiger partial charge in [-0.25, -0.2) is 4.98 Å². The van der Waals surface area contributed by atoms with Crippen LogP contribution in [0.25, 0.3) is 27.8 Å². The molecule has 3 aromatic carbocycles. The molecule has 0 fully saturated rings. The fourth-order valence-corrected chi connectivity index (χ4v) is 3.15. The molecule has 0 amide bonds. The molecule has 1 aromatic heterocycles. The number of fused-ring (bicyclic) bond motifs is 2. The van der Waals surface area contributed by atoms with Gasteiger partial charge in [-0.3, -0.25) is 4.57 Å². The molecule has 0 saturated carbocycles. The van der Waals surface area contributed by atoms with E-state index in [1.807, 2.05) is 36.7 Å². The number of aromatic nitrogens is 2. The van der Waals surface area contributed by atoms with Crippen molar-refractivity contribution in [3.63, 3.8) is 0 Å². The van der Waals surface area contributed by atoms with Crippen LogP contribution in [0.2, 0.25) is 0 Å². The van der Waals surface area contributed by atoms with Gasteiger partial charge < -0.3 is 9.47 Å². The fraction of sp³-hybridized carbons (Fsp3) is 0.0500.